The van der Waals surface area contributed by atoms with Crippen LogP contribution in [0.4, 0.5) is 0 Å². The van der Waals surface area contributed by atoms with Crippen molar-refractivity contribution in [2.75, 3.05) is 13.2 Å². The van der Waals surface area contributed by atoms with E-state index < -0.39 is 0 Å². The number of carbonyl (C=O) groups excluding carboxylic acids is 2. The molecule has 4 N–H and O–H groups in total. The number of nitrogens with one attached hydrogen (secondary N) is 2. The molecule has 24 heavy (non-hydrogen) atoms. The molecule has 6 heteroatoms. The highest BCUT2D eigenvalue weighted by molar-refractivity contribution is 5.94. The first kappa shape index (κ1) is 18.4. The van der Waals surface area contributed by atoms with Gasteiger partial charge in [-0.05, 0) is 37.5 Å². The molecule has 0 saturated carbocycles. The van der Waals surface area contributed by atoms with Gasteiger partial charge in [-0.1, -0.05) is 19.1 Å². The van der Waals surface area contributed by atoms with Crippen molar-refractivity contribution in [1.29, 1.82) is 0 Å². The van der Waals surface area contributed by atoms with Crippen molar-refractivity contribution in [2.45, 2.75) is 45.4 Å². The normalized spacial score (nSPS) is 19.5. The van der Waals surface area contributed by atoms with E-state index in [0.29, 0.717) is 18.7 Å². The average molecular weight is 333 g/mol. The summed E-state index contributed by atoms with van der Waals surface area (Å²) in [7, 11) is 0. The molecule has 1 heterocycles. The van der Waals surface area contributed by atoms with E-state index in [0.717, 1.165) is 25.0 Å². The second-order valence-electron chi connectivity index (χ2n) is 6.41. The summed E-state index contributed by atoms with van der Waals surface area (Å²) in [4.78, 5) is 24.2. The molecule has 1 aromatic rings. The number of rotatable bonds is 7. The lowest BCUT2D eigenvalue weighted by Crippen LogP contribution is -2.38. The molecule has 1 saturated heterocycles. The van der Waals surface area contributed by atoms with Gasteiger partial charge in [-0.15, -0.1) is 0 Å². The molecule has 132 valence electrons. The van der Waals surface area contributed by atoms with E-state index in [1.165, 1.54) is 0 Å². The molecule has 3 unspecified atom stereocenters. The molecule has 0 bridgehead atoms. The van der Waals surface area contributed by atoms with Crippen molar-refractivity contribution in [2.24, 2.45) is 11.7 Å². The van der Waals surface area contributed by atoms with E-state index in [4.69, 9.17) is 10.5 Å². The molecule has 1 fully saturated rings. The van der Waals surface area contributed by atoms with Crippen molar-refractivity contribution < 1.29 is 14.3 Å². The van der Waals surface area contributed by atoms with Crippen LogP contribution in [0.5, 0.6) is 0 Å². The van der Waals surface area contributed by atoms with Crippen LogP contribution in [0.3, 0.4) is 0 Å². The van der Waals surface area contributed by atoms with Crippen LogP contribution in [-0.2, 0) is 16.1 Å². The van der Waals surface area contributed by atoms with Crippen LogP contribution >= 0.6 is 0 Å². The Morgan fingerprint density at radius 2 is 2.12 bits per heavy atom. The summed E-state index contributed by atoms with van der Waals surface area (Å²) in [6, 6.07) is 7.06. The van der Waals surface area contributed by atoms with Crippen molar-refractivity contribution in [3.8, 4) is 0 Å². The number of hydrogen-bond donors (Lipinski definition) is 3. The zero-order chi connectivity index (χ0) is 17.5. The fraction of sp³-hybridized carbons (Fsp3) is 0.556. The Balaban J connectivity index is 1.86. The first-order chi connectivity index (χ1) is 11.5. The van der Waals surface area contributed by atoms with Crippen molar-refractivity contribution in [3.63, 3.8) is 0 Å². The van der Waals surface area contributed by atoms with Gasteiger partial charge in [0.25, 0.3) is 5.91 Å². The second kappa shape index (κ2) is 8.80. The zero-order valence-electron chi connectivity index (χ0n) is 14.4. The second-order valence-corrected chi connectivity index (χ2v) is 6.41. The third kappa shape index (κ3) is 5.32. The molecule has 3 atom stereocenters. The summed E-state index contributed by atoms with van der Waals surface area (Å²) in [5.74, 6) is -0.455. The monoisotopic (exact) mass is 333 g/mol. The van der Waals surface area contributed by atoms with Crippen LogP contribution in [0, 0.1) is 5.92 Å². The number of nitrogens with two attached hydrogens (primary N) is 1. The first-order valence-electron chi connectivity index (χ1n) is 8.49. The van der Waals surface area contributed by atoms with Gasteiger partial charge < -0.3 is 21.1 Å². The molecule has 0 aliphatic carbocycles. The maximum Gasteiger partial charge on any atom is 0.251 e. The standard InChI is InChI=1S/C18H27N3O3/c1-12(13(2)19)17(22)20-10-14-5-3-6-15(9-14)18(23)21-11-16-7-4-8-24-16/h3,5-6,9,12-13,16H,4,7-8,10-11,19H2,1-2H3,(H,20,22)(H,21,23). The number of hydrogen-bond acceptors (Lipinski definition) is 4. The van der Waals surface area contributed by atoms with E-state index >= 15 is 0 Å². The van der Waals surface area contributed by atoms with Gasteiger partial charge in [0.1, 0.15) is 0 Å². The number of benzene rings is 1. The zero-order valence-corrected chi connectivity index (χ0v) is 14.4. The fourth-order valence-electron chi connectivity index (χ4n) is 2.53. The SMILES string of the molecule is CC(N)C(C)C(=O)NCc1cccc(C(=O)NCC2CCCO2)c1. The van der Waals surface area contributed by atoms with Gasteiger partial charge in [0.05, 0.1) is 6.10 Å². The largest absolute Gasteiger partial charge is 0.376 e. The van der Waals surface area contributed by atoms with Gasteiger partial charge in [-0.3, -0.25) is 9.59 Å². The van der Waals surface area contributed by atoms with Gasteiger partial charge in [-0.25, -0.2) is 0 Å². The van der Waals surface area contributed by atoms with Gasteiger partial charge in [0.15, 0.2) is 0 Å². The number of carbonyl (C=O) groups is 2. The quantitative estimate of drug-likeness (QED) is 0.699. The summed E-state index contributed by atoms with van der Waals surface area (Å²) >= 11 is 0. The topological polar surface area (TPSA) is 93.5 Å². The van der Waals surface area contributed by atoms with Crippen LogP contribution < -0.4 is 16.4 Å². The molecule has 0 radical (unpaired) electrons. The summed E-state index contributed by atoms with van der Waals surface area (Å²) in [6.07, 6.45) is 2.16. The maximum atomic E-state index is 12.2. The smallest absolute Gasteiger partial charge is 0.251 e. The summed E-state index contributed by atoms with van der Waals surface area (Å²) in [5.41, 5.74) is 7.19. The maximum absolute atomic E-state index is 12.2. The minimum Gasteiger partial charge on any atom is -0.376 e. The van der Waals surface area contributed by atoms with E-state index in [9.17, 15) is 9.59 Å². The van der Waals surface area contributed by atoms with E-state index in [-0.39, 0.29) is 29.9 Å². The molecule has 6 nitrogen and oxygen atoms in total. The molecular formula is C18H27N3O3. The Hall–Kier alpha value is -1.92. The predicted molar refractivity (Wildman–Crippen MR) is 92.4 cm³/mol. The number of ether oxygens (including phenoxy) is 1. The van der Waals surface area contributed by atoms with Gasteiger partial charge in [-0.2, -0.15) is 0 Å². The van der Waals surface area contributed by atoms with Crippen LogP contribution in [0.25, 0.3) is 0 Å². The lowest BCUT2D eigenvalue weighted by atomic mass is 10.0. The lowest BCUT2D eigenvalue weighted by Gasteiger charge is -2.15. The van der Waals surface area contributed by atoms with Crippen LogP contribution in [0.15, 0.2) is 24.3 Å². The van der Waals surface area contributed by atoms with Crippen molar-refractivity contribution in [3.05, 3.63) is 35.4 Å². The third-order valence-corrected chi connectivity index (χ3v) is 4.37. The Morgan fingerprint density at radius 3 is 2.79 bits per heavy atom. The third-order valence-electron chi connectivity index (χ3n) is 4.37. The van der Waals surface area contributed by atoms with E-state index in [2.05, 4.69) is 10.6 Å². The highest BCUT2D eigenvalue weighted by atomic mass is 16.5. The van der Waals surface area contributed by atoms with Crippen LogP contribution in [-0.4, -0.2) is 37.1 Å². The fourth-order valence-corrected chi connectivity index (χ4v) is 2.53. The summed E-state index contributed by atoms with van der Waals surface area (Å²) < 4.78 is 5.50. The minimum absolute atomic E-state index is 0.0850. The Bertz CT molecular complexity index is 568. The van der Waals surface area contributed by atoms with E-state index in [1.807, 2.05) is 19.1 Å². The Morgan fingerprint density at radius 1 is 1.33 bits per heavy atom. The van der Waals surface area contributed by atoms with Gasteiger partial charge >= 0.3 is 0 Å². The van der Waals surface area contributed by atoms with Crippen molar-refractivity contribution >= 4 is 11.8 Å². The van der Waals surface area contributed by atoms with Crippen LogP contribution in [0.1, 0.15) is 42.6 Å². The molecule has 2 amide bonds. The molecule has 0 aromatic heterocycles. The molecule has 2 rings (SSSR count). The summed E-state index contributed by atoms with van der Waals surface area (Å²) in [5, 5.41) is 5.75. The highest BCUT2D eigenvalue weighted by Gasteiger charge is 2.18. The van der Waals surface area contributed by atoms with Gasteiger partial charge in [0, 0.05) is 37.2 Å². The van der Waals surface area contributed by atoms with Crippen molar-refractivity contribution in [1.82, 2.24) is 10.6 Å². The minimum atomic E-state index is -0.247. The van der Waals surface area contributed by atoms with Crippen LogP contribution in [0.2, 0.25) is 0 Å². The lowest BCUT2D eigenvalue weighted by molar-refractivity contribution is -0.125. The number of amides is 2. The van der Waals surface area contributed by atoms with E-state index in [1.54, 1.807) is 19.1 Å². The molecule has 1 aliphatic heterocycles. The molecule has 0 spiro atoms. The first-order valence-corrected chi connectivity index (χ1v) is 8.49. The summed E-state index contributed by atoms with van der Waals surface area (Å²) in [6.45, 7) is 5.29. The molecule has 1 aromatic carbocycles. The molecular weight excluding hydrogens is 306 g/mol. The van der Waals surface area contributed by atoms with Gasteiger partial charge in [0.2, 0.25) is 5.91 Å². The predicted octanol–water partition coefficient (Wildman–Crippen LogP) is 1.19. The Kier molecular flexibility index (Phi) is 6.75. The highest BCUT2D eigenvalue weighted by Crippen LogP contribution is 2.11. The average Bonchev–Trinajstić information content (AvgIpc) is 3.10. The molecule has 1 aliphatic rings. The Labute approximate surface area is 143 Å².